The topological polar surface area (TPSA) is 24.1 Å². The van der Waals surface area contributed by atoms with E-state index in [1.165, 1.54) is 28.0 Å². The quantitative estimate of drug-likeness (QED) is 0.574. The summed E-state index contributed by atoms with van der Waals surface area (Å²) in [6.45, 7) is 24.5. The zero-order chi connectivity index (χ0) is 21.6. The minimum atomic E-state index is 0.0221. The Labute approximate surface area is 177 Å². The molecule has 0 bridgehead atoms. The monoisotopic (exact) mass is 388 g/mol. The van der Waals surface area contributed by atoms with E-state index in [4.69, 9.17) is 0 Å². The van der Waals surface area contributed by atoms with Crippen molar-refractivity contribution in [1.29, 1.82) is 0 Å². The Hall–Kier alpha value is -2.48. The van der Waals surface area contributed by atoms with Crippen molar-refractivity contribution in [2.24, 2.45) is 0 Å². The SMILES string of the molecule is C=C(Nc1cc(C)c(C(C)(C)C)cc1C(C)(C)C)C1=CNC2=CCCC=C2C1=C. The number of aryl methyl sites for hydroxylation is 1. The van der Waals surface area contributed by atoms with Gasteiger partial charge in [0, 0.05) is 34.4 Å². The first-order valence-corrected chi connectivity index (χ1v) is 10.6. The molecule has 0 fully saturated rings. The van der Waals surface area contributed by atoms with Crippen LogP contribution in [0.25, 0.3) is 0 Å². The third kappa shape index (κ3) is 4.27. The number of allylic oxidation sites excluding steroid dienone is 4. The van der Waals surface area contributed by atoms with Gasteiger partial charge in [0.15, 0.2) is 0 Å². The molecule has 0 saturated heterocycles. The number of hydrogen-bond acceptors (Lipinski definition) is 2. The van der Waals surface area contributed by atoms with Crippen molar-refractivity contribution in [3.63, 3.8) is 0 Å². The van der Waals surface area contributed by atoms with Crippen LogP contribution in [0.3, 0.4) is 0 Å². The van der Waals surface area contributed by atoms with Crippen LogP contribution in [-0.4, -0.2) is 0 Å². The highest BCUT2D eigenvalue weighted by molar-refractivity contribution is 5.69. The Morgan fingerprint density at radius 1 is 0.966 bits per heavy atom. The molecule has 29 heavy (non-hydrogen) atoms. The van der Waals surface area contributed by atoms with E-state index in [0.29, 0.717) is 0 Å². The molecule has 2 nitrogen and oxygen atoms in total. The largest absolute Gasteiger partial charge is 0.361 e. The zero-order valence-corrected chi connectivity index (χ0v) is 19.2. The lowest BCUT2D eigenvalue weighted by molar-refractivity contribution is 0.567. The molecule has 3 rings (SSSR count). The van der Waals surface area contributed by atoms with Crippen molar-refractivity contribution in [2.75, 3.05) is 5.32 Å². The van der Waals surface area contributed by atoms with Crippen molar-refractivity contribution < 1.29 is 0 Å². The van der Waals surface area contributed by atoms with Crippen LogP contribution in [0.2, 0.25) is 0 Å². The number of hydrogen-bond donors (Lipinski definition) is 2. The van der Waals surface area contributed by atoms with Crippen molar-refractivity contribution >= 4 is 5.69 Å². The molecule has 1 aliphatic heterocycles. The lowest BCUT2D eigenvalue weighted by Crippen LogP contribution is -2.22. The highest BCUT2D eigenvalue weighted by Gasteiger charge is 2.26. The fraction of sp³-hybridized carbons (Fsp3) is 0.407. The minimum Gasteiger partial charge on any atom is -0.361 e. The van der Waals surface area contributed by atoms with Gasteiger partial charge in [-0.1, -0.05) is 72.9 Å². The van der Waals surface area contributed by atoms with Gasteiger partial charge in [0.1, 0.15) is 0 Å². The van der Waals surface area contributed by atoms with E-state index in [1.807, 2.05) is 6.20 Å². The van der Waals surface area contributed by atoms with Crippen LogP contribution in [0.5, 0.6) is 0 Å². The number of rotatable bonds is 3. The molecular weight excluding hydrogens is 352 g/mol. The third-order valence-electron chi connectivity index (χ3n) is 5.77. The average molecular weight is 389 g/mol. The van der Waals surface area contributed by atoms with Gasteiger partial charge in [-0.3, -0.25) is 0 Å². The van der Waals surface area contributed by atoms with Crippen molar-refractivity contribution in [3.8, 4) is 0 Å². The molecule has 0 saturated carbocycles. The van der Waals surface area contributed by atoms with Gasteiger partial charge in [0.05, 0.1) is 0 Å². The summed E-state index contributed by atoms with van der Waals surface area (Å²) in [4.78, 5) is 0. The molecule has 0 amide bonds. The number of nitrogens with one attached hydrogen (secondary N) is 2. The Bertz CT molecular complexity index is 953. The molecule has 154 valence electrons. The molecule has 2 heteroatoms. The summed E-state index contributed by atoms with van der Waals surface area (Å²) in [7, 11) is 0. The number of anilines is 1. The van der Waals surface area contributed by atoms with Crippen molar-refractivity contribution in [2.45, 2.75) is 72.1 Å². The van der Waals surface area contributed by atoms with Gasteiger partial charge in [0.2, 0.25) is 0 Å². The zero-order valence-electron chi connectivity index (χ0n) is 19.2. The number of fused-ring (bicyclic) bond motifs is 1. The van der Waals surface area contributed by atoms with E-state index < -0.39 is 0 Å². The number of benzene rings is 1. The van der Waals surface area contributed by atoms with Gasteiger partial charge in [-0.05, 0) is 58.9 Å². The van der Waals surface area contributed by atoms with Crippen LogP contribution >= 0.6 is 0 Å². The molecule has 0 atom stereocenters. The highest BCUT2D eigenvalue weighted by Crippen LogP contribution is 2.39. The van der Waals surface area contributed by atoms with Crippen LogP contribution in [-0.2, 0) is 10.8 Å². The van der Waals surface area contributed by atoms with Crippen LogP contribution < -0.4 is 10.6 Å². The van der Waals surface area contributed by atoms with E-state index in [0.717, 1.165) is 35.4 Å². The van der Waals surface area contributed by atoms with Crippen molar-refractivity contribution in [3.05, 3.63) is 88.4 Å². The predicted octanol–water partition coefficient (Wildman–Crippen LogP) is 7.16. The standard InChI is InChI=1S/C27H36N2/c1-17-14-25(23(27(7,8)9)15-22(17)26(4,5)6)29-19(3)21-16-28-24-13-11-10-12-20(24)18(21)2/h12-16,28-29H,2-3,10-11H2,1,4-9H3. The summed E-state index contributed by atoms with van der Waals surface area (Å²) in [5.74, 6) is 0. The van der Waals surface area contributed by atoms with Gasteiger partial charge >= 0.3 is 0 Å². The molecule has 1 aromatic rings. The molecule has 1 aromatic carbocycles. The summed E-state index contributed by atoms with van der Waals surface area (Å²) in [5, 5.41) is 7.04. The first-order chi connectivity index (χ1) is 13.4. The summed E-state index contributed by atoms with van der Waals surface area (Å²) < 4.78 is 0. The van der Waals surface area contributed by atoms with Gasteiger partial charge in [0.25, 0.3) is 0 Å². The fourth-order valence-corrected chi connectivity index (χ4v) is 4.22. The third-order valence-corrected chi connectivity index (χ3v) is 5.77. The van der Waals surface area contributed by atoms with Crippen LogP contribution in [0.1, 0.15) is 71.1 Å². The average Bonchev–Trinajstić information content (AvgIpc) is 2.60. The summed E-state index contributed by atoms with van der Waals surface area (Å²) >= 11 is 0. The minimum absolute atomic E-state index is 0.0221. The second-order valence-electron chi connectivity index (χ2n) is 10.3. The molecule has 0 unspecified atom stereocenters. The molecule has 2 aliphatic rings. The normalized spacial score (nSPS) is 16.9. The first-order valence-electron chi connectivity index (χ1n) is 10.6. The fourth-order valence-electron chi connectivity index (χ4n) is 4.22. The molecule has 0 aromatic heterocycles. The maximum atomic E-state index is 4.36. The van der Waals surface area contributed by atoms with Crippen LogP contribution in [0, 0.1) is 6.92 Å². The van der Waals surface area contributed by atoms with E-state index in [-0.39, 0.29) is 10.8 Å². The first kappa shape index (κ1) is 21.2. The van der Waals surface area contributed by atoms with Gasteiger partial charge in [-0.25, -0.2) is 0 Å². The molecule has 0 radical (unpaired) electrons. The van der Waals surface area contributed by atoms with Gasteiger partial charge in [-0.2, -0.15) is 0 Å². The smallest absolute Gasteiger partial charge is 0.0425 e. The predicted molar refractivity (Wildman–Crippen MR) is 127 cm³/mol. The second kappa shape index (κ2) is 7.40. The Kier molecular flexibility index (Phi) is 5.42. The summed E-state index contributed by atoms with van der Waals surface area (Å²) in [6.07, 6.45) is 8.69. The van der Waals surface area contributed by atoms with Gasteiger partial charge in [-0.15, -0.1) is 0 Å². The molecule has 0 spiro atoms. The van der Waals surface area contributed by atoms with E-state index >= 15 is 0 Å². The van der Waals surface area contributed by atoms with E-state index in [9.17, 15) is 0 Å². The molecule has 1 aliphatic carbocycles. The lowest BCUT2D eigenvalue weighted by atomic mass is 9.77. The Morgan fingerprint density at radius 3 is 2.21 bits per heavy atom. The lowest BCUT2D eigenvalue weighted by Gasteiger charge is -2.31. The highest BCUT2D eigenvalue weighted by atomic mass is 14.9. The van der Waals surface area contributed by atoms with Crippen LogP contribution in [0.15, 0.2) is 71.8 Å². The van der Waals surface area contributed by atoms with E-state index in [1.54, 1.807) is 0 Å². The molecular formula is C27H36N2. The Morgan fingerprint density at radius 2 is 1.59 bits per heavy atom. The van der Waals surface area contributed by atoms with Gasteiger partial charge < -0.3 is 10.6 Å². The summed E-state index contributed by atoms with van der Waals surface area (Å²) in [6, 6.07) is 4.65. The van der Waals surface area contributed by atoms with Crippen LogP contribution in [0.4, 0.5) is 5.69 Å². The molecule has 2 N–H and O–H groups in total. The second-order valence-corrected chi connectivity index (χ2v) is 10.3. The molecule has 1 heterocycles. The van der Waals surface area contributed by atoms with E-state index in [2.05, 4.69) is 96.5 Å². The maximum absolute atomic E-state index is 4.36. The Balaban J connectivity index is 1.98. The summed E-state index contributed by atoms with van der Waals surface area (Å²) in [5.41, 5.74) is 10.6. The van der Waals surface area contributed by atoms with Crippen molar-refractivity contribution in [1.82, 2.24) is 5.32 Å². The maximum Gasteiger partial charge on any atom is 0.0425 e.